The summed E-state index contributed by atoms with van der Waals surface area (Å²) >= 11 is 5.64. The molecule has 4 heteroatoms. The Kier molecular flexibility index (Phi) is 4.74. The van der Waals surface area contributed by atoms with Gasteiger partial charge in [-0.25, -0.2) is 4.79 Å². The molecule has 0 aromatic heterocycles. The van der Waals surface area contributed by atoms with Crippen LogP contribution in [0.25, 0.3) is 0 Å². The second-order valence-corrected chi connectivity index (χ2v) is 3.02. The average Bonchev–Trinajstić information content (AvgIpc) is 2.02. The number of ether oxygens (including phenoxy) is 1. The number of hydrogen-bond acceptors (Lipinski definition) is 3. The van der Waals surface area contributed by atoms with Gasteiger partial charge in [0.2, 0.25) is 0 Å². The number of allylic oxidation sites excluding steroid dienone is 1. The SMILES string of the molecule is CCOC(=O)/C(Cl)=C(\N)C(C)C. The van der Waals surface area contributed by atoms with Gasteiger partial charge in [0.1, 0.15) is 5.03 Å². The van der Waals surface area contributed by atoms with Gasteiger partial charge < -0.3 is 10.5 Å². The molecule has 0 radical (unpaired) electrons. The van der Waals surface area contributed by atoms with E-state index >= 15 is 0 Å². The molecule has 0 unspecified atom stereocenters. The minimum atomic E-state index is -0.551. The number of halogens is 1. The molecule has 0 saturated carbocycles. The van der Waals surface area contributed by atoms with E-state index in [1.165, 1.54) is 0 Å². The van der Waals surface area contributed by atoms with Gasteiger partial charge in [0.05, 0.1) is 6.61 Å². The van der Waals surface area contributed by atoms with E-state index in [-0.39, 0.29) is 11.0 Å². The van der Waals surface area contributed by atoms with Crippen molar-refractivity contribution in [2.45, 2.75) is 20.8 Å². The van der Waals surface area contributed by atoms with Gasteiger partial charge in [-0.1, -0.05) is 25.4 Å². The lowest BCUT2D eigenvalue weighted by Gasteiger charge is -2.07. The van der Waals surface area contributed by atoms with E-state index in [1.807, 2.05) is 13.8 Å². The number of rotatable bonds is 3. The van der Waals surface area contributed by atoms with E-state index in [9.17, 15) is 4.79 Å². The smallest absolute Gasteiger partial charge is 0.351 e. The van der Waals surface area contributed by atoms with Crippen molar-refractivity contribution in [2.24, 2.45) is 11.7 Å². The fraction of sp³-hybridized carbons (Fsp3) is 0.625. The average molecular weight is 192 g/mol. The Morgan fingerprint density at radius 1 is 1.58 bits per heavy atom. The molecule has 0 bridgehead atoms. The van der Waals surface area contributed by atoms with Gasteiger partial charge in [-0.2, -0.15) is 0 Å². The molecular formula is C8H14ClNO2. The molecule has 3 nitrogen and oxygen atoms in total. The van der Waals surface area contributed by atoms with E-state index in [0.29, 0.717) is 12.3 Å². The topological polar surface area (TPSA) is 52.3 Å². The fourth-order valence-electron chi connectivity index (χ4n) is 0.566. The lowest BCUT2D eigenvalue weighted by atomic mass is 10.1. The Bertz CT molecular complexity index is 199. The molecule has 0 fully saturated rings. The van der Waals surface area contributed by atoms with Gasteiger partial charge in [-0.15, -0.1) is 0 Å². The Balaban J connectivity index is 4.43. The molecule has 0 aliphatic rings. The van der Waals surface area contributed by atoms with E-state index in [2.05, 4.69) is 4.74 Å². The molecule has 12 heavy (non-hydrogen) atoms. The zero-order valence-electron chi connectivity index (χ0n) is 7.56. The largest absolute Gasteiger partial charge is 0.462 e. The first-order chi connectivity index (χ1) is 5.50. The summed E-state index contributed by atoms with van der Waals surface area (Å²) in [5.41, 5.74) is 5.91. The van der Waals surface area contributed by atoms with Crippen LogP contribution in [0.4, 0.5) is 0 Å². The fourth-order valence-corrected chi connectivity index (χ4v) is 0.839. The molecule has 0 amide bonds. The summed E-state index contributed by atoms with van der Waals surface area (Å²) in [6, 6.07) is 0. The van der Waals surface area contributed by atoms with Gasteiger partial charge in [0.25, 0.3) is 0 Å². The number of esters is 1. The van der Waals surface area contributed by atoms with Crippen LogP contribution in [-0.4, -0.2) is 12.6 Å². The van der Waals surface area contributed by atoms with Crippen LogP contribution in [0, 0.1) is 5.92 Å². The molecule has 0 heterocycles. The second-order valence-electron chi connectivity index (χ2n) is 2.64. The third kappa shape index (κ3) is 3.13. The second kappa shape index (κ2) is 5.04. The molecule has 2 N–H and O–H groups in total. The van der Waals surface area contributed by atoms with Crippen molar-refractivity contribution < 1.29 is 9.53 Å². The van der Waals surface area contributed by atoms with Crippen LogP contribution in [0.1, 0.15) is 20.8 Å². The van der Waals surface area contributed by atoms with Crippen LogP contribution in [0.15, 0.2) is 10.7 Å². The predicted molar refractivity (Wildman–Crippen MR) is 48.5 cm³/mol. The standard InChI is InChI=1S/C8H14ClNO2/c1-4-12-8(11)6(9)7(10)5(2)3/h5H,4,10H2,1-3H3/b7-6+. The third-order valence-electron chi connectivity index (χ3n) is 1.33. The van der Waals surface area contributed by atoms with Crippen molar-refractivity contribution in [3.05, 3.63) is 10.7 Å². The molecule has 0 aromatic carbocycles. The summed E-state index contributed by atoms with van der Waals surface area (Å²) in [4.78, 5) is 11.0. The third-order valence-corrected chi connectivity index (χ3v) is 1.70. The van der Waals surface area contributed by atoms with Crippen molar-refractivity contribution in [1.29, 1.82) is 0 Å². The first-order valence-electron chi connectivity index (χ1n) is 3.83. The number of carbonyl (C=O) groups is 1. The van der Waals surface area contributed by atoms with E-state index in [4.69, 9.17) is 17.3 Å². The van der Waals surface area contributed by atoms with Crippen LogP contribution in [0.2, 0.25) is 0 Å². The molecule has 0 rings (SSSR count). The number of hydrogen-bond donors (Lipinski definition) is 1. The summed E-state index contributed by atoms with van der Waals surface area (Å²) in [5.74, 6) is -0.493. The Labute approximate surface area is 77.5 Å². The zero-order chi connectivity index (χ0) is 9.72. The highest BCUT2D eigenvalue weighted by Gasteiger charge is 2.13. The highest BCUT2D eigenvalue weighted by molar-refractivity contribution is 6.41. The van der Waals surface area contributed by atoms with Crippen molar-refractivity contribution in [2.75, 3.05) is 6.61 Å². The maximum absolute atomic E-state index is 11.0. The normalized spacial score (nSPS) is 12.8. The quantitative estimate of drug-likeness (QED) is 0.545. The number of carbonyl (C=O) groups excluding carboxylic acids is 1. The van der Waals surface area contributed by atoms with Gasteiger partial charge in [-0.05, 0) is 12.8 Å². The first-order valence-corrected chi connectivity index (χ1v) is 4.20. The van der Waals surface area contributed by atoms with Gasteiger partial charge >= 0.3 is 5.97 Å². The summed E-state index contributed by atoms with van der Waals surface area (Å²) in [6.07, 6.45) is 0. The highest BCUT2D eigenvalue weighted by atomic mass is 35.5. The van der Waals surface area contributed by atoms with Crippen LogP contribution < -0.4 is 5.73 Å². The van der Waals surface area contributed by atoms with E-state index in [1.54, 1.807) is 6.92 Å². The van der Waals surface area contributed by atoms with Crippen LogP contribution in [0.5, 0.6) is 0 Å². The molecule has 0 spiro atoms. The van der Waals surface area contributed by atoms with Crippen molar-refractivity contribution in [3.63, 3.8) is 0 Å². The molecule has 0 aromatic rings. The molecule has 70 valence electrons. The van der Waals surface area contributed by atoms with Crippen molar-refractivity contribution >= 4 is 17.6 Å². The van der Waals surface area contributed by atoms with Crippen LogP contribution >= 0.6 is 11.6 Å². The minimum Gasteiger partial charge on any atom is -0.462 e. The lowest BCUT2D eigenvalue weighted by Crippen LogP contribution is -2.14. The summed E-state index contributed by atoms with van der Waals surface area (Å²) in [5, 5.41) is -0.00755. The Morgan fingerprint density at radius 2 is 2.08 bits per heavy atom. The Morgan fingerprint density at radius 3 is 2.42 bits per heavy atom. The van der Waals surface area contributed by atoms with Crippen molar-refractivity contribution in [1.82, 2.24) is 0 Å². The maximum atomic E-state index is 11.0. The van der Waals surface area contributed by atoms with Gasteiger partial charge in [-0.3, -0.25) is 0 Å². The molecule has 0 aliphatic heterocycles. The summed E-state index contributed by atoms with van der Waals surface area (Å²) < 4.78 is 4.67. The molecule has 0 aliphatic carbocycles. The van der Waals surface area contributed by atoms with Crippen LogP contribution in [-0.2, 0) is 9.53 Å². The summed E-state index contributed by atoms with van der Waals surface area (Å²) in [7, 11) is 0. The summed E-state index contributed by atoms with van der Waals surface area (Å²) in [6.45, 7) is 5.74. The maximum Gasteiger partial charge on any atom is 0.351 e. The Hall–Kier alpha value is -0.700. The van der Waals surface area contributed by atoms with E-state index < -0.39 is 5.97 Å². The minimum absolute atomic E-state index is 0.00755. The monoisotopic (exact) mass is 191 g/mol. The van der Waals surface area contributed by atoms with Crippen LogP contribution in [0.3, 0.4) is 0 Å². The van der Waals surface area contributed by atoms with E-state index in [0.717, 1.165) is 0 Å². The highest BCUT2D eigenvalue weighted by Crippen LogP contribution is 2.14. The van der Waals surface area contributed by atoms with Gasteiger partial charge in [0.15, 0.2) is 0 Å². The van der Waals surface area contributed by atoms with Crippen molar-refractivity contribution in [3.8, 4) is 0 Å². The molecular weight excluding hydrogens is 178 g/mol. The zero-order valence-corrected chi connectivity index (χ0v) is 8.31. The number of nitrogens with two attached hydrogens (primary N) is 1. The first kappa shape index (κ1) is 11.3. The molecule has 0 saturated heterocycles. The predicted octanol–water partition coefficient (Wildman–Crippen LogP) is 1.61. The van der Waals surface area contributed by atoms with Gasteiger partial charge in [0, 0.05) is 5.70 Å². The lowest BCUT2D eigenvalue weighted by molar-refractivity contribution is -0.137. The molecule has 0 atom stereocenters.